The van der Waals surface area contributed by atoms with Crippen molar-refractivity contribution in [2.75, 3.05) is 0 Å². The van der Waals surface area contributed by atoms with Crippen LogP contribution in [0.2, 0.25) is 0 Å². The minimum atomic E-state index is -0.219. The third-order valence-corrected chi connectivity index (χ3v) is 2.49. The van der Waals surface area contributed by atoms with Crippen LogP contribution < -0.4 is 11.0 Å². The molecule has 0 aliphatic rings. The van der Waals surface area contributed by atoms with Crippen molar-refractivity contribution in [3.63, 3.8) is 0 Å². The number of carbonyl (C=O) groups is 1. The summed E-state index contributed by atoms with van der Waals surface area (Å²) in [7, 11) is 0. The molecule has 0 saturated carbocycles. The molecule has 0 radical (unpaired) electrons. The van der Waals surface area contributed by atoms with Crippen molar-refractivity contribution in [2.45, 2.75) is 32.9 Å². The normalized spacial score (nSPS) is 11.1. The number of hydrogen-bond donors (Lipinski definition) is 1. The highest BCUT2D eigenvalue weighted by atomic mass is 16.2. The van der Waals surface area contributed by atoms with Crippen LogP contribution in [0, 0.1) is 0 Å². The van der Waals surface area contributed by atoms with Gasteiger partial charge < -0.3 is 5.32 Å². The van der Waals surface area contributed by atoms with Crippen LogP contribution in [-0.4, -0.2) is 26.1 Å². The van der Waals surface area contributed by atoms with Crippen molar-refractivity contribution in [1.29, 1.82) is 0 Å². The Morgan fingerprint density at radius 3 is 2.89 bits per heavy atom. The summed E-state index contributed by atoms with van der Waals surface area (Å²) in [6.07, 6.45) is 1.91. The average Bonchev–Trinajstić information content (AvgIpc) is 2.64. The summed E-state index contributed by atoms with van der Waals surface area (Å²) in [5, 5.41) is 6.93. The van der Waals surface area contributed by atoms with Crippen LogP contribution in [-0.2, 0) is 11.3 Å². The SMILES string of the molecule is CC(C)NC(=O)CCn1nc2ccccn2c1=O. The molecular weight excluding hydrogens is 232 g/mol. The standard InChI is InChI=1S/C12H16N4O2/c1-9(2)13-11(17)6-8-16-12(18)15-7-4-3-5-10(15)14-16/h3-5,7,9H,6,8H2,1-2H3,(H,13,17). The molecule has 96 valence electrons. The lowest BCUT2D eigenvalue weighted by Gasteiger charge is -2.07. The smallest absolute Gasteiger partial charge is 0.350 e. The van der Waals surface area contributed by atoms with Crippen LogP contribution in [0.1, 0.15) is 20.3 Å². The van der Waals surface area contributed by atoms with Gasteiger partial charge in [0.05, 0.1) is 6.54 Å². The molecule has 0 spiro atoms. The van der Waals surface area contributed by atoms with Crippen LogP contribution in [0.25, 0.3) is 5.65 Å². The minimum absolute atomic E-state index is 0.0750. The van der Waals surface area contributed by atoms with Gasteiger partial charge in [0.1, 0.15) is 0 Å². The van der Waals surface area contributed by atoms with Crippen molar-refractivity contribution < 1.29 is 4.79 Å². The molecule has 2 aromatic rings. The second kappa shape index (κ2) is 5.03. The minimum Gasteiger partial charge on any atom is -0.354 e. The van der Waals surface area contributed by atoms with Crippen LogP contribution in [0.15, 0.2) is 29.2 Å². The largest absolute Gasteiger partial charge is 0.354 e. The number of pyridine rings is 1. The topological polar surface area (TPSA) is 68.4 Å². The van der Waals surface area contributed by atoms with Gasteiger partial charge in [-0.3, -0.25) is 9.20 Å². The van der Waals surface area contributed by atoms with Gasteiger partial charge in [0.25, 0.3) is 0 Å². The van der Waals surface area contributed by atoms with Crippen molar-refractivity contribution in [1.82, 2.24) is 19.5 Å². The van der Waals surface area contributed by atoms with Gasteiger partial charge in [0, 0.05) is 18.7 Å². The summed E-state index contributed by atoms with van der Waals surface area (Å²) < 4.78 is 2.77. The van der Waals surface area contributed by atoms with E-state index in [2.05, 4.69) is 10.4 Å². The maximum absolute atomic E-state index is 11.9. The number of rotatable bonds is 4. The molecule has 2 rings (SSSR count). The van der Waals surface area contributed by atoms with Gasteiger partial charge in [0.2, 0.25) is 5.91 Å². The maximum atomic E-state index is 11.9. The van der Waals surface area contributed by atoms with Crippen LogP contribution in [0.4, 0.5) is 0 Å². The highest BCUT2D eigenvalue weighted by Gasteiger charge is 2.08. The van der Waals surface area contributed by atoms with Gasteiger partial charge in [-0.15, -0.1) is 5.10 Å². The van der Waals surface area contributed by atoms with Crippen LogP contribution in [0.5, 0.6) is 0 Å². The number of aryl methyl sites for hydroxylation is 1. The van der Waals surface area contributed by atoms with Gasteiger partial charge >= 0.3 is 5.69 Å². The Morgan fingerprint density at radius 1 is 1.44 bits per heavy atom. The maximum Gasteiger partial charge on any atom is 0.350 e. The van der Waals surface area contributed by atoms with E-state index in [4.69, 9.17) is 0 Å². The van der Waals surface area contributed by atoms with Gasteiger partial charge in [-0.25, -0.2) is 9.48 Å². The highest BCUT2D eigenvalue weighted by Crippen LogP contribution is 1.96. The Kier molecular flexibility index (Phi) is 3.45. The molecule has 2 heterocycles. The Labute approximate surface area is 104 Å². The first-order valence-corrected chi connectivity index (χ1v) is 5.91. The molecule has 0 atom stereocenters. The van der Waals surface area contributed by atoms with E-state index in [1.54, 1.807) is 18.3 Å². The van der Waals surface area contributed by atoms with Crippen molar-refractivity contribution >= 4 is 11.6 Å². The zero-order valence-corrected chi connectivity index (χ0v) is 10.5. The van der Waals surface area contributed by atoms with Crippen molar-refractivity contribution in [3.8, 4) is 0 Å². The van der Waals surface area contributed by atoms with Gasteiger partial charge in [0.15, 0.2) is 5.65 Å². The number of nitrogens with one attached hydrogen (secondary N) is 1. The predicted molar refractivity (Wildman–Crippen MR) is 67.3 cm³/mol. The monoisotopic (exact) mass is 248 g/mol. The molecule has 0 aliphatic heterocycles. The number of amides is 1. The van der Waals surface area contributed by atoms with E-state index in [1.165, 1.54) is 9.08 Å². The first kappa shape index (κ1) is 12.3. The van der Waals surface area contributed by atoms with E-state index < -0.39 is 0 Å². The fourth-order valence-corrected chi connectivity index (χ4v) is 1.72. The molecule has 6 heteroatoms. The molecule has 0 unspecified atom stereocenters. The van der Waals surface area contributed by atoms with Crippen LogP contribution in [0.3, 0.4) is 0 Å². The average molecular weight is 248 g/mol. The van der Waals surface area contributed by atoms with Crippen molar-refractivity contribution in [3.05, 3.63) is 34.9 Å². The lowest BCUT2D eigenvalue weighted by Crippen LogP contribution is -2.32. The molecule has 0 fully saturated rings. The van der Waals surface area contributed by atoms with E-state index in [9.17, 15) is 9.59 Å². The zero-order valence-electron chi connectivity index (χ0n) is 10.5. The predicted octanol–water partition coefficient (Wildman–Crippen LogP) is 0.411. The Balaban J connectivity index is 2.11. The van der Waals surface area contributed by atoms with E-state index in [0.29, 0.717) is 12.2 Å². The number of hydrogen-bond acceptors (Lipinski definition) is 3. The summed E-state index contributed by atoms with van der Waals surface area (Å²) in [5.74, 6) is -0.0750. The van der Waals surface area contributed by atoms with E-state index >= 15 is 0 Å². The van der Waals surface area contributed by atoms with Gasteiger partial charge in [-0.1, -0.05) is 6.07 Å². The molecule has 2 aromatic heterocycles. The van der Waals surface area contributed by atoms with Crippen LogP contribution >= 0.6 is 0 Å². The Hall–Kier alpha value is -2.11. The fraction of sp³-hybridized carbons (Fsp3) is 0.417. The number of aromatic nitrogens is 3. The second-order valence-corrected chi connectivity index (χ2v) is 4.41. The van der Waals surface area contributed by atoms with E-state index in [1.807, 2.05) is 19.9 Å². The molecule has 0 aromatic carbocycles. The van der Waals surface area contributed by atoms with Gasteiger partial charge in [-0.2, -0.15) is 0 Å². The lowest BCUT2D eigenvalue weighted by molar-refractivity contribution is -0.121. The first-order chi connectivity index (χ1) is 8.58. The Bertz CT molecular complexity index is 612. The Morgan fingerprint density at radius 2 is 2.22 bits per heavy atom. The van der Waals surface area contributed by atoms with E-state index in [0.717, 1.165) is 0 Å². The third-order valence-electron chi connectivity index (χ3n) is 2.49. The quantitative estimate of drug-likeness (QED) is 0.852. The zero-order chi connectivity index (χ0) is 13.1. The first-order valence-electron chi connectivity index (χ1n) is 5.91. The fourth-order valence-electron chi connectivity index (χ4n) is 1.72. The molecule has 18 heavy (non-hydrogen) atoms. The highest BCUT2D eigenvalue weighted by molar-refractivity contribution is 5.76. The molecule has 0 saturated heterocycles. The van der Waals surface area contributed by atoms with Crippen molar-refractivity contribution in [2.24, 2.45) is 0 Å². The second-order valence-electron chi connectivity index (χ2n) is 4.41. The molecular formula is C12H16N4O2. The lowest BCUT2D eigenvalue weighted by atomic mass is 10.3. The summed E-state index contributed by atoms with van der Waals surface area (Å²) in [6, 6.07) is 5.45. The summed E-state index contributed by atoms with van der Waals surface area (Å²) in [4.78, 5) is 23.4. The molecule has 6 nitrogen and oxygen atoms in total. The van der Waals surface area contributed by atoms with E-state index in [-0.39, 0.29) is 24.1 Å². The van der Waals surface area contributed by atoms with Gasteiger partial charge in [-0.05, 0) is 26.0 Å². The third kappa shape index (κ3) is 2.58. The summed E-state index contributed by atoms with van der Waals surface area (Å²) >= 11 is 0. The summed E-state index contributed by atoms with van der Waals surface area (Å²) in [5.41, 5.74) is 0.370. The number of carbonyl (C=O) groups excluding carboxylic acids is 1. The molecule has 1 amide bonds. The summed E-state index contributed by atoms with van der Waals surface area (Å²) in [6.45, 7) is 4.09. The number of nitrogens with zero attached hydrogens (tertiary/aromatic N) is 3. The molecule has 0 bridgehead atoms. The molecule has 0 aliphatic carbocycles. The number of fused-ring (bicyclic) bond motifs is 1. The molecule has 1 N–H and O–H groups in total.